The van der Waals surface area contributed by atoms with Crippen LogP contribution in [0.5, 0.6) is 0 Å². The molecule has 0 bridgehead atoms. The molecule has 1 N–H and O–H groups in total. The number of nitrogens with zero attached hydrogens (tertiary/aromatic N) is 2. The van der Waals surface area contributed by atoms with E-state index in [1.807, 2.05) is 63.9 Å². The molecule has 6 nitrogen and oxygen atoms in total. The molecule has 1 unspecified atom stereocenters. The molecule has 0 spiro atoms. The molecule has 24 heavy (non-hydrogen) atoms. The number of likely N-dealkylation sites (N-methyl/N-ethyl adjacent to an activating group) is 1. The van der Waals surface area contributed by atoms with Crippen LogP contribution in [0.1, 0.15) is 27.7 Å². The summed E-state index contributed by atoms with van der Waals surface area (Å²) in [4.78, 5) is 18.2. The highest BCUT2D eigenvalue weighted by Crippen LogP contribution is 2.36. The Balaban J connectivity index is 1.64. The van der Waals surface area contributed by atoms with Crippen molar-refractivity contribution in [2.24, 2.45) is 4.99 Å². The van der Waals surface area contributed by atoms with Gasteiger partial charge in [-0.25, -0.2) is 0 Å². The minimum absolute atomic E-state index is 0.0982. The lowest BCUT2D eigenvalue weighted by Crippen LogP contribution is -2.41. The third-order valence-corrected chi connectivity index (χ3v) is 4.91. The molecule has 128 valence electrons. The summed E-state index contributed by atoms with van der Waals surface area (Å²) in [7, 11) is 1.50. The molecule has 0 aromatic heterocycles. The summed E-state index contributed by atoms with van der Waals surface area (Å²) in [6, 6.07) is 7.21. The number of anilines is 1. The number of aliphatic imine (C=N–C) groups is 1. The zero-order chi connectivity index (χ0) is 17.5. The number of rotatable bonds is 3. The fourth-order valence-corrected chi connectivity index (χ4v) is 2.64. The Morgan fingerprint density at radius 2 is 1.79 bits per heavy atom. The van der Waals surface area contributed by atoms with Crippen LogP contribution in [0, 0.1) is 0 Å². The molecule has 1 fully saturated rings. The van der Waals surface area contributed by atoms with Crippen molar-refractivity contribution in [2.45, 2.75) is 44.9 Å². The van der Waals surface area contributed by atoms with Crippen LogP contribution in [0.15, 0.2) is 29.3 Å². The van der Waals surface area contributed by atoms with Crippen LogP contribution in [0.25, 0.3) is 0 Å². The molecule has 1 atom stereocenters. The summed E-state index contributed by atoms with van der Waals surface area (Å²) in [6.45, 7) is 8.72. The monoisotopic (exact) mass is 329 g/mol. The van der Waals surface area contributed by atoms with E-state index in [1.165, 1.54) is 0 Å². The van der Waals surface area contributed by atoms with Gasteiger partial charge in [-0.2, -0.15) is 0 Å². The van der Waals surface area contributed by atoms with Crippen LogP contribution in [-0.2, 0) is 14.1 Å². The topological polar surface area (TPSA) is 63.2 Å². The molecule has 2 aliphatic rings. The van der Waals surface area contributed by atoms with E-state index in [9.17, 15) is 4.79 Å². The van der Waals surface area contributed by atoms with Gasteiger partial charge < -0.3 is 19.5 Å². The fraction of sp³-hybridized carbons (Fsp3) is 0.529. The van der Waals surface area contributed by atoms with Crippen LogP contribution in [0.2, 0.25) is 0 Å². The SMILES string of the molecule is CN1C=NC(C(=O)Nc2ccc(B3OC(C)(C)C(C)(C)O3)cc2)C1. The van der Waals surface area contributed by atoms with Crippen molar-refractivity contribution >= 4 is 30.5 Å². The smallest absolute Gasteiger partial charge is 0.399 e. The largest absolute Gasteiger partial charge is 0.494 e. The number of nitrogens with one attached hydrogen (secondary N) is 1. The Kier molecular flexibility index (Phi) is 4.17. The van der Waals surface area contributed by atoms with Crippen molar-refractivity contribution in [3.05, 3.63) is 24.3 Å². The van der Waals surface area contributed by atoms with Gasteiger partial charge in [0.25, 0.3) is 5.91 Å². The number of hydrogen-bond acceptors (Lipinski definition) is 5. The summed E-state index contributed by atoms with van der Waals surface area (Å²) in [6.07, 6.45) is 1.69. The summed E-state index contributed by atoms with van der Waals surface area (Å²) < 4.78 is 12.1. The van der Waals surface area contributed by atoms with E-state index in [-0.39, 0.29) is 23.2 Å². The van der Waals surface area contributed by atoms with Gasteiger partial charge in [0.1, 0.15) is 6.04 Å². The minimum Gasteiger partial charge on any atom is -0.399 e. The predicted octanol–water partition coefficient (Wildman–Crippen LogP) is 1.27. The van der Waals surface area contributed by atoms with Crippen molar-refractivity contribution in [3.63, 3.8) is 0 Å². The maximum absolute atomic E-state index is 12.2. The standard InChI is InChI=1S/C17H24BN3O3/c1-16(2)17(3,4)24-18(23-16)12-6-8-13(9-7-12)20-15(22)14-10-21(5)11-19-14/h6-9,11,14H,10H2,1-5H3,(H,20,22). The van der Waals surface area contributed by atoms with Gasteiger partial charge in [-0.3, -0.25) is 9.79 Å². The van der Waals surface area contributed by atoms with Crippen molar-refractivity contribution in [1.29, 1.82) is 0 Å². The van der Waals surface area contributed by atoms with Crippen LogP contribution in [-0.4, -0.2) is 55.1 Å². The summed E-state index contributed by atoms with van der Waals surface area (Å²) in [5, 5.41) is 2.89. The van der Waals surface area contributed by atoms with Gasteiger partial charge in [-0.1, -0.05) is 12.1 Å². The maximum atomic E-state index is 12.2. The highest BCUT2D eigenvalue weighted by Gasteiger charge is 2.51. The Labute approximate surface area is 143 Å². The van der Waals surface area contributed by atoms with E-state index in [0.29, 0.717) is 6.54 Å². The minimum atomic E-state index is -0.396. The molecule has 1 amide bonds. The van der Waals surface area contributed by atoms with Gasteiger partial charge in [0.2, 0.25) is 0 Å². The second-order valence-electron chi connectivity index (χ2n) is 7.42. The molecule has 7 heteroatoms. The number of carbonyl (C=O) groups excluding carboxylic acids is 1. The van der Waals surface area contributed by atoms with Gasteiger partial charge in [0.05, 0.1) is 17.5 Å². The normalized spacial score (nSPS) is 24.5. The highest BCUT2D eigenvalue weighted by molar-refractivity contribution is 6.62. The molecular formula is C17H24BN3O3. The number of benzene rings is 1. The second-order valence-corrected chi connectivity index (χ2v) is 7.42. The van der Waals surface area contributed by atoms with Gasteiger partial charge in [-0.05, 0) is 45.3 Å². The lowest BCUT2D eigenvalue weighted by atomic mass is 9.79. The molecule has 0 radical (unpaired) electrons. The lowest BCUT2D eigenvalue weighted by molar-refractivity contribution is -0.117. The van der Waals surface area contributed by atoms with Crippen LogP contribution in [0.4, 0.5) is 5.69 Å². The zero-order valence-corrected chi connectivity index (χ0v) is 14.9. The summed E-state index contributed by atoms with van der Waals surface area (Å²) >= 11 is 0. The molecule has 2 aliphatic heterocycles. The predicted molar refractivity (Wildman–Crippen MR) is 95.7 cm³/mol. The maximum Gasteiger partial charge on any atom is 0.494 e. The van der Waals surface area contributed by atoms with E-state index < -0.39 is 7.12 Å². The molecule has 0 aliphatic carbocycles. The average molecular weight is 329 g/mol. The number of carbonyl (C=O) groups is 1. The Morgan fingerprint density at radius 1 is 1.21 bits per heavy atom. The second kappa shape index (κ2) is 5.90. The first kappa shape index (κ1) is 17.0. The van der Waals surface area contributed by atoms with Gasteiger partial charge in [-0.15, -0.1) is 0 Å². The summed E-state index contributed by atoms with van der Waals surface area (Å²) in [5.41, 5.74) is 0.948. The van der Waals surface area contributed by atoms with Crippen molar-refractivity contribution in [2.75, 3.05) is 18.9 Å². The molecule has 1 saturated heterocycles. The van der Waals surface area contributed by atoms with Crippen molar-refractivity contribution in [3.8, 4) is 0 Å². The van der Waals surface area contributed by atoms with Crippen molar-refractivity contribution in [1.82, 2.24) is 4.90 Å². The van der Waals surface area contributed by atoms with Gasteiger partial charge in [0.15, 0.2) is 0 Å². The Morgan fingerprint density at radius 3 is 2.29 bits per heavy atom. The van der Waals surface area contributed by atoms with Gasteiger partial charge in [0, 0.05) is 19.3 Å². The molecule has 2 heterocycles. The van der Waals surface area contributed by atoms with E-state index in [1.54, 1.807) is 6.34 Å². The van der Waals surface area contributed by atoms with Crippen LogP contribution in [0.3, 0.4) is 0 Å². The molecule has 1 aromatic rings. The molecule has 1 aromatic carbocycles. The molecule has 0 saturated carbocycles. The van der Waals surface area contributed by atoms with E-state index in [0.717, 1.165) is 11.2 Å². The van der Waals surface area contributed by atoms with Crippen molar-refractivity contribution < 1.29 is 14.1 Å². The number of amides is 1. The lowest BCUT2D eigenvalue weighted by Gasteiger charge is -2.32. The Bertz CT molecular complexity index is 642. The zero-order valence-electron chi connectivity index (χ0n) is 14.9. The highest BCUT2D eigenvalue weighted by atomic mass is 16.7. The van der Waals surface area contributed by atoms with E-state index >= 15 is 0 Å². The van der Waals surface area contributed by atoms with Crippen LogP contribution >= 0.6 is 0 Å². The first-order valence-corrected chi connectivity index (χ1v) is 8.18. The number of hydrogen-bond donors (Lipinski definition) is 1. The van der Waals surface area contributed by atoms with Gasteiger partial charge >= 0.3 is 7.12 Å². The van der Waals surface area contributed by atoms with Crippen LogP contribution < -0.4 is 10.8 Å². The van der Waals surface area contributed by atoms with E-state index in [2.05, 4.69) is 10.3 Å². The first-order valence-electron chi connectivity index (χ1n) is 8.18. The fourth-order valence-electron chi connectivity index (χ4n) is 2.64. The summed E-state index contributed by atoms with van der Waals surface area (Å²) in [5.74, 6) is -0.0982. The van der Waals surface area contributed by atoms with E-state index in [4.69, 9.17) is 9.31 Å². The average Bonchev–Trinajstić information content (AvgIpc) is 3.01. The third-order valence-electron chi connectivity index (χ3n) is 4.91. The molecular weight excluding hydrogens is 305 g/mol. The third kappa shape index (κ3) is 3.19. The first-order chi connectivity index (χ1) is 11.2. The quantitative estimate of drug-likeness (QED) is 0.849. The Hall–Kier alpha value is -1.86. The molecule has 3 rings (SSSR count).